The highest BCUT2D eigenvalue weighted by Gasteiger charge is 2.66. The fraction of sp³-hybridized carbons (Fsp3) is 0.455. The maximum Gasteiger partial charge on any atom is 0.308 e. The number of nitrogens with zero attached hydrogens (tertiary/aromatic N) is 1. The molecule has 2 amide bonds. The van der Waals surface area contributed by atoms with Crippen LogP contribution in [0.4, 0.5) is 0 Å². The van der Waals surface area contributed by atoms with Crippen LogP contribution in [0.2, 0.25) is 0 Å². The molecule has 6 heteroatoms. The van der Waals surface area contributed by atoms with Gasteiger partial charge in [-0.2, -0.15) is 0 Å². The minimum absolute atomic E-state index is 0.0256. The minimum atomic E-state index is -0.580. The molecule has 1 saturated heterocycles. The Morgan fingerprint density at radius 2 is 1.57 bits per heavy atom. The molecule has 1 heterocycles. The van der Waals surface area contributed by atoms with Crippen molar-refractivity contribution in [3.8, 4) is 0 Å². The summed E-state index contributed by atoms with van der Waals surface area (Å²) >= 11 is 0. The monoisotopic (exact) mass is 379 g/mol. The molecule has 6 rings (SSSR count). The summed E-state index contributed by atoms with van der Waals surface area (Å²) in [5.41, 5.74) is 0.478. The van der Waals surface area contributed by atoms with Crippen molar-refractivity contribution in [3.63, 3.8) is 0 Å². The van der Waals surface area contributed by atoms with E-state index in [-0.39, 0.29) is 60.8 Å². The van der Waals surface area contributed by atoms with E-state index in [2.05, 4.69) is 12.2 Å². The van der Waals surface area contributed by atoms with Crippen molar-refractivity contribution in [1.29, 1.82) is 0 Å². The van der Waals surface area contributed by atoms with Gasteiger partial charge in [-0.25, -0.2) is 0 Å². The molecule has 144 valence electrons. The van der Waals surface area contributed by atoms with Crippen LogP contribution in [0.25, 0.3) is 0 Å². The number of imide groups is 1. The number of esters is 1. The summed E-state index contributed by atoms with van der Waals surface area (Å²) in [6.45, 7) is -0.314. The van der Waals surface area contributed by atoms with Crippen molar-refractivity contribution in [3.05, 3.63) is 48.0 Å². The summed E-state index contributed by atoms with van der Waals surface area (Å²) in [5.74, 6) is -0.180. The zero-order chi connectivity index (χ0) is 19.4. The lowest BCUT2D eigenvalue weighted by Crippen LogP contribution is -2.40. The first-order chi connectivity index (χ1) is 13.6. The average Bonchev–Trinajstić information content (AvgIpc) is 3.50. The first kappa shape index (κ1) is 17.3. The maximum atomic E-state index is 12.8. The lowest BCUT2D eigenvalue weighted by molar-refractivity contribution is -0.145. The Morgan fingerprint density at radius 3 is 2.18 bits per heavy atom. The lowest BCUT2D eigenvalue weighted by atomic mass is 9.63. The Bertz CT molecular complexity index is 855. The molecule has 2 saturated carbocycles. The second-order valence-electron chi connectivity index (χ2n) is 8.18. The number of likely N-dealkylation sites (tertiary alicyclic amines) is 1. The van der Waals surface area contributed by atoms with E-state index in [0.29, 0.717) is 17.4 Å². The highest BCUT2D eigenvalue weighted by Crippen LogP contribution is 2.65. The van der Waals surface area contributed by atoms with Gasteiger partial charge in [0, 0.05) is 12.1 Å². The number of carbonyl (C=O) groups excluding carboxylic acids is 4. The van der Waals surface area contributed by atoms with Gasteiger partial charge >= 0.3 is 5.97 Å². The molecular formula is C22H21NO5. The Morgan fingerprint density at radius 1 is 0.964 bits per heavy atom. The quantitative estimate of drug-likeness (QED) is 0.326. The van der Waals surface area contributed by atoms with Crippen molar-refractivity contribution in [1.82, 2.24) is 4.90 Å². The molecule has 0 spiro atoms. The van der Waals surface area contributed by atoms with Gasteiger partial charge in [-0.1, -0.05) is 42.5 Å². The van der Waals surface area contributed by atoms with E-state index in [0.717, 1.165) is 6.42 Å². The molecule has 0 unspecified atom stereocenters. The van der Waals surface area contributed by atoms with Gasteiger partial charge in [0.1, 0.15) is 0 Å². The predicted molar refractivity (Wildman–Crippen MR) is 97.8 cm³/mol. The highest BCUT2D eigenvalue weighted by atomic mass is 16.5. The van der Waals surface area contributed by atoms with Crippen LogP contribution in [-0.4, -0.2) is 41.6 Å². The second kappa shape index (κ2) is 6.40. The Hall–Kier alpha value is -2.76. The summed E-state index contributed by atoms with van der Waals surface area (Å²) in [4.78, 5) is 50.9. The molecule has 2 bridgehead atoms. The number of amides is 2. The first-order valence-electron chi connectivity index (χ1n) is 9.83. The van der Waals surface area contributed by atoms with Crippen LogP contribution < -0.4 is 0 Å². The van der Waals surface area contributed by atoms with E-state index in [1.807, 2.05) is 0 Å². The summed E-state index contributed by atoms with van der Waals surface area (Å²) in [6.07, 6.45) is 5.28. The van der Waals surface area contributed by atoms with Crippen molar-refractivity contribution in [2.75, 3.05) is 13.2 Å². The van der Waals surface area contributed by atoms with Crippen LogP contribution in [-0.2, 0) is 19.1 Å². The molecule has 6 nitrogen and oxygen atoms in total. The number of Topliss-reactive ketones (excluding diaryl/α,β-unsaturated/α-hetero) is 1. The van der Waals surface area contributed by atoms with E-state index in [4.69, 9.17) is 4.74 Å². The lowest BCUT2D eigenvalue weighted by Gasteiger charge is -2.37. The molecule has 6 atom stereocenters. The molecule has 4 aliphatic carbocycles. The van der Waals surface area contributed by atoms with Gasteiger partial charge in [0.2, 0.25) is 11.8 Å². The Balaban J connectivity index is 1.16. The SMILES string of the molecule is O=C(CCN1C(=O)[C@@H]2[C@H]3C=C[C@@H]([C@@H]4C[C@@H]34)[C@@H]2C1=O)OCC(=O)c1ccccc1. The number of benzene rings is 1. The average molecular weight is 379 g/mol. The summed E-state index contributed by atoms with van der Waals surface area (Å²) in [5, 5.41) is 0. The standard InChI is InChI=1S/C22H21NO5/c24-17(12-4-2-1-3-5-12)11-28-18(25)8-9-23-21(26)19-13-6-7-14(16-10-15(13)16)20(19)22(23)27/h1-7,13-16,19-20H,8-11H2/t13-,14-,15-,16-,19-,20+/m0/s1. The zero-order valence-corrected chi connectivity index (χ0v) is 15.3. The summed E-state index contributed by atoms with van der Waals surface area (Å²) < 4.78 is 5.04. The van der Waals surface area contributed by atoms with E-state index >= 15 is 0 Å². The normalized spacial score (nSPS) is 34.2. The molecular weight excluding hydrogens is 358 g/mol. The Labute approximate surface area is 162 Å². The van der Waals surface area contributed by atoms with Crippen LogP contribution in [0.3, 0.4) is 0 Å². The molecule has 0 aromatic heterocycles. The van der Waals surface area contributed by atoms with Gasteiger partial charge in [-0.15, -0.1) is 0 Å². The van der Waals surface area contributed by atoms with Gasteiger partial charge in [0.05, 0.1) is 18.3 Å². The number of ether oxygens (including phenoxy) is 1. The topological polar surface area (TPSA) is 80.8 Å². The molecule has 3 fully saturated rings. The van der Waals surface area contributed by atoms with Crippen molar-refractivity contribution in [2.24, 2.45) is 35.5 Å². The fourth-order valence-electron chi connectivity index (χ4n) is 5.37. The first-order valence-corrected chi connectivity index (χ1v) is 9.83. The summed E-state index contributed by atoms with van der Waals surface area (Å²) in [6, 6.07) is 8.60. The van der Waals surface area contributed by atoms with Crippen LogP contribution in [0.1, 0.15) is 23.2 Å². The molecule has 5 aliphatic rings. The fourth-order valence-corrected chi connectivity index (χ4v) is 5.37. The number of hydrogen-bond donors (Lipinski definition) is 0. The number of carbonyl (C=O) groups is 4. The maximum absolute atomic E-state index is 12.8. The number of hydrogen-bond acceptors (Lipinski definition) is 5. The highest BCUT2D eigenvalue weighted by molar-refractivity contribution is 6.06. The summed E-state index contributed by atoms with van der Waals surface area (Å²) in [7, 11) is 0. The smallest absolute Gasteiger partial charge is 0.308 e. The van der Waals surface area contributed by atoms with Crippen LogP contribution in [0.15, 0.2) is 42.5 Å². The van der Waals surface area contributed by atoms with Gasteiger partial charge in [0.15, 0.2) is 12.4 Å². The third-order valence-electron chi connectivity index (χ3n) is 6.75. The molecule has 28 heavy (non-hydrogen) atoms. The van der Waals surface area contributed by atoms with Gasteiger partial charge in [-0.05, 0) is 30.1 Å². The molecule has 0 radical (unpaired) electrons. The predicted octanol–water partition coefficient (Wildman–Crippen LogP) is 1.86. The minimum Gasteiger partial charge on any atom is -0.457 e. The molecule has 1 aromatic rings. The van der Waals surface area contributed by atoms with Gasteiger partial charge in [0.25, 0.3) is 0 Å². The van der Waals surface area contributed by atoms with E-state index in [1.54, 1.807) is 30.3 Å². The second-order valence-corrected chi connectivity index (χ2v) is 8.18. The van der Waals surface area contributed by atoms with E-state index in [9.17, 15) is 19.2 Å². The zero-order valence-electron chi connectivity index (χ0n) is 15.3. The Kier molecular flexibility index (Phi) is 3.96. The third kappa shape index (κ3) is 2.62. The van der Waals surface area contributed by atoms with Gasteiger partial charge < -0.3 is 4.74 Å². The van der Waals surface area contributed by atoms with E-state index in [1.165, 1.54) is 4.90 Å². The third-order valence-corrected chi connectivity index (χ3v) is 6.75. The van der Waals surface area contributed by atoms with Crippen molar-refractivity contribution >= 4 is 23.6 Å². The molecule has 1 aromatic carbocycles. The molecule has 1 aliphatic heterocycles. The molecule has 0 N–H and O–H groups in total. The van der Waals surface area contributed by atoms with E-state index < -0.39 is 5.97 Å². The van der Waals surface area contributed by atoms with Crippen LogP contribution in [0, 0.1) is 35.5 Å². The van der Waals surface area contributed by atoms with Gasteiger partial charge in [-0.3, -0.25) is 24.1 Å². The number of rotatable bonds is 6. The number of ketones is 1. The van der Waals surface area contributed by atoms with Crippen LogP contribution >= 0.6 is 0 Å². The van der Waals surface area contributed by atoms with Crippen molar-refractivity contribution in [2.45, 2.75) is 12.8 Å². The number of allylic oxidation sites excluding steroid dienone is 2. The van der Waals surface area contributed by atoms with Crippen molar-refractivity contribution < 1.29 is 23.9 Å². The van der Waals surface area contributed by atoms with Crippen LogP contribution in [0.5, 0.6) is 0 Å². The largest absolute Gasteiger partial charge is 0.457 e.